The third-order valence-electron chi connectivity index (χ3n) is 4.82. The molecule has 2 aliphatic rings. The zero-order valence-corrected chi connectivity index (χ0v) is 15.5. The number of carbonyl (C=O) groups excluding carboxylic acids is 1. The van der Waals surface area contributed by atoms with Crippen molar-refractivity contribution in [1.29, 1.82) is 0 Å². The van der Waals surface area contributed by atoms with Crippen LogP contribution in [0.2, 0.25) is 0 Å². The quantitative estimate of drug-likeness (QED) is 0.872. The Morgan fingerprint density at radius 2 is 1.96 bits per heavy atom. The van der Waals surface area contributed by atoms with E-state index in [0.717, 1.165) is 31.7 Å². The van der Waals surface area contributed by atoms with Crippen LogP contribution in [0.25, 0.3) is 11.5 Å². The molecule has 4 rings (SSSR count). The van der Waals surface area contributed by atoms with Crippen molar-refractivity contribution in [2.45, 2.75) is 26.4 Å². The third-order valence-corrected chi connectivity index (χ3v) is 4.82. The first-order valence-electron chi connectivity index (χ1n) is 9.09. The van der Waals surface area contributed by atoms with Crippen molar-refractivity contribution in [2.24, 2.45) is 0 Å². The van der Waals surface area contributed by atoms with Crippen molar-refractivity contribution in [3.05, 3.63) is 24.0 Å². The first-order valence-corrected chi connectivity index (χ1v) is 9.09. The lowest BCUT2D eigenvalue weighted by molar-refractivity contribution is 0.119. The lowest BCUT2D eigenvalue weighted by Crippen LogP contribution is -2.53. The van der Waals surface area contributed by atoms with Gasteiger partial charge in [-0.25, -0.2) is 4.79 Å². The molecular formula is C18H23N5O4. The molecule has 0 saturated carbocycles. The predicted molar refractivity (Wildman–Crippen MR) is 96.4 cm³/mol. The Morgan fingerprint density at radius 3 is 2.74 bits per heavy atom. The van der Waals surface area contributed by atoms with E-state index in [0.29, 0.717) is 29.3 Å². The molecule has 2 aromatic rings. The van der Waals surface area contributed by atoms with Crippen LogP contribution in [-0.4, -0.2) is 65.0 Å². The number of hydrogen-bond acceptors (Lipinski definition) is 7. The Kier molecular flexibility index (Phi) is 4.85. The predicted octanol–water partition coefficient (Wildman–Crippen LogP) is 1.70. The van der Waals surface area contributed by atoms with Crippen LogP contribution < -0.4 is 14.8 Å². The molecule has 0 atom stereocenters. The zero-order chi connectivity index (χ0) is 18.8. The van der Waals surface area contributed by atoms with E-state index in [1.54, 1.807) is 12.1 Å². The van der Waals surface area contributed by atoms with Gasteiger partial charge in [-0.2, -0.15) is 4.98 Å². The van der Waals surface area contributed by atoms with Crippen LogP contribution in [0.1, 0.15) is 19.7 Å². The van der Waals surface area contributed by atoms with Crippen molar-refractivity contribution in [3.8, 4) is 23.0 Å². The number of benzene rings is 1. The van der Waals surface area contributed by atoms with Gasteiger partial charge in [0, 0.05) is 37.8 Å². The van der Waals surface area contributed by atoms with Crippen molar-refractivity contribution >= 4 is 6.03 Å². The standard InChI is InChI=1S/C18H23N5O4/c1-12(2)22-5-7-23(8-6-22)18(24)19-10-16-20-17(27-21-16)13-3-4-14-15(9-13)26-11-25-14/h3-4,9,12H,5-8,10-11H2,1-2H3,(H,19,24). The Morgan fingerprint density at radius 1 is 1.19 bits per heavy atom. The first kappa shape index (κ1) is 17.6. The Labute approximate surface area is 157 Å². The fourth-order valence-corrected chi connectivity index (χ4v) is 3.18. The molecule has 9 heteroatoms. The third kappa shape index (κ3) is 3.82. The van der Waals surface area contributed by atoms with Crippen molar-refractivity contribution in [2.75, 3.05) is 33.0 Å². The monoisotopic (exact) mass is 373 g/mol. The molecule has 9 nitrogen and oxygen atoms in total. The van der Waals surface area contributed by atoms with Crippen LogP contribution in [0.5, 0.6) is 11.5 Å². The van der Waals surface area contributed by atoms with Gasteiger partial charge in [-0.05, 0) is 32.0 Å². The van der Waals surface area contributed by atoms with Gasteiger partial charge in [0.05, 0.1) is 6.54 Å². The summed E-state index contributed by atoms with van der Waals surface area (Å²) in [6.07, 6.45) is 0. The van der Waals surface area contributed by atoms with Crippen LogP contribution >= 0.6 is 0 Å². The molecule has 0 unspecified atom stereocenters. The number of hydrogen-bond donors (Lipinski definition) is 1. The van der Waals surface area contributed by atoms with Crippen LogP contribution in [0.3, 0.4) is 0 Å². The van der Waals surface area contributed by atoms with Gasteiger partial charge in [0.2, 0.25) is 6.79 Å². The summed E-state index contributed by atoms with van der Waals surface area (Å²) in [5.74, 6) is 2.16. The molecule has 0 spiro atoms. The second-order valence-corrected chi connectivity index (χ2v) is 6.86. The maximum atomic E-state index is 12.3. The molecule has 0 radical (unpaired) electrons. The van der Waals surface area contributed by atoms with Crippen LogP contribution in [0.15, 0.2) is 22.7 Å². The van der Waals surface area contributed by atoms with Crippen molar-refractivity contribution in [1.82, 2.24) is 25.3 Å². The van der Waals surface area contributed by atoms with Crippen LogP contribution in [0.4, 0.5) is 4.79 Å². The maximum absolute atomic E-state index is 12.3. The Bertz CT molecular complexity index is 814. The van der Waals surface area contributed by atoms with Gasteiger partial charge in [0.1, 0.15) is 0 Å². The summed E-state index contributed by atoms with van der Waals surface area (Å²) < 4.78 is 15.9. The van der Waals surface area contributed by atoms with E-state index in [-0.39, 0.29) is 19.4 Å². The SMILES string of the molecule is CC(C)N1CCN(C(=O)NCc2noc(-c3ccc4c(c3)OCO4)n2)CC1. The number of carbonyl (C=O) groups is 1. The average Bonchev–Trinajstić information content (AvgIpc) is 3.34. The number of nitrogens with zero attached hydrogens (tertiary/aromatic N) is 4. The van der Waals surface area contributed by atoms with E-state index in [4.69, 9.17) is 14.0 Å². The number of rotatable bonds is 4. The molecule has 0 bridgehead atoms. The highest BCUT2D eigenvalue weighted by molar-refractivity contribution is 5.74. The number of amides is 2. The van der Waals surface area contributed by atoms with Gasteiger partial charge in [0.15, 0.2) is 17.3 Å². The van der Waals surface area contributed by atoms with Crippen LogP contribution in [-0.2, 0) is 6.54 Å². The number of nitrogens with one attached hydrogen (secondary N) is 1. The highest BCUT2D eigenvalue weighted by atomic mass is 16.7. The fourth-order valence-electron chi connectivity index (χ4n) is 3.18. The summed E-state index contributed by atoms with van der Waals surface area (Å²) >= 11 is 0. The molecule has 0 aliphatic carbocycles. The van der Waals surface area contributed by atoms with E-state index in [9.17, 15) is 4.79 Å². The molecule has 1 fully saturated rings. The highest BCUT2D eigenvalue weighted by Crippen LogP contribution is 2.35. The molecule has 2 amide bonds. The van der Waals surface area contributed by atoms with E-state index in [2.05, 4.69) is 34.2 Å². The molecule has 1 aromatic heterocycles. The van der Waals surface area contributed by atoms with E-state index in [1.165, 1.54) is 0 Å². The minimum absolute atomic E-state index is 0.104. The molecule has 1 N–H and O–H groups in total. The minimum atomic E-state index is -0.104. The van der Waals surface area contributed by atoms with Gasteiger partial charge in [-0.1, -0.05) is 5.16 Å². The van der Waals surface area contributed by atoms with Crippen molar-refractivity contribution in [3.63, 3.8) is 0 Å². The minimum Gasteiger partial charge on any atom is -0.454 e. The number of fused-ring (bicyclic) bond motifs is 1. The van der Waals surface area contributed by atoms with E-state index >= 15 is 0 Å². The number of ether oxygens (including phenoxy) is 2. The van der Waals surface area contributed by atoms with Gasteiger partial charge in [0.25, 0.3) is 5.89 Å². The molecule has 1 saturated heterocycles. The van der Waals surface area contributed by atoms with Crippen molar-refractivity contribution < 1.29 is 18.8 Å². The fraction of sp³-hybridized carbons (Fsp3) is 0.500. The molecule has 144 valence electrons. The summed E-state index contributed by atoms with van der Waals surface area (Å²) in [6.45, 7) is 8.00. The first-order chi connectivity index (χ1) is 13.1. The number of urea groups is 1. The lowest BCUT2D eigenvalue weighted by atomic mass is 10.2. The highest BCUT2D eigenvalue weighted by Gasteiger charge is 2.23. The summed E-state index contributed by atoms with van der Waals surface area (Å²) in [4.78, 5) is 20.9. The molecular weight excluding hydrogens is 350 g/mol. The molecule has 3 heterocycles. The second kappa shape index (κ2) is 7.43. The van der Waals surface area contributed by atoms with E-state index in [1.807, 2.05) is 11.0 Å². The maximum Gasteiger partial charge on any atom is 0.317 e. The lowest BCUT2D eigenvalue weighted by Gasteiger charge is -2.36. The average molecular weight is 373 g/mol. The molecule has 2 aliphatic heterocycles. The van der Waals surface area contributed by atoms with Gasteiger partial charge >= 0.3 is 6.03 Å². The number of aromatic nitrogens is 2. The largest absolute Gasteiger partial charge is 0.454 e. The summed E-state index contributed by atoms with van der Waals surface area (Å²) in [6, 6.07) is 5.83. The van der Waals surface area contributed by atoms with E-state index < -0.39 is 0 Å². The molecule has 1 aromatic carbocycles. The summed E-state index contributed by atoms with van der Waals surface area (Å²) in [7, 11) is 0. The topological polar surface area (TPSA) is 93.0 Å². The summed E-state index contributed by atoms with van der Waals surface area (Å²) in [5, 5.41) is 6.80. The second-order valence-electron chi connectivity index (χ2n) is 6.86. The van der Waals surface area contributed by atoms with Gasteiger partial charge in [-0.3, -0.25) is 4.90 Å². The molecule has 27 heavy (non-hydrogen) atoms. The summed E-state index contributed by atoms with van der Waals surface area (Å²) in [5.41, 5.74) is 0.745. The van der Waals surface area contributed by atoms with Gasteiger partial charge in [-0.15, -0.1) is 0 Å². The zero-order valence-electron chi connectivity index (χ0n) is 15.5. The van der Waals surface area contributed by atoms with Gasteiger partial charge < -0.3 is 24.2 Å². The smallest absolute Gasteiger partial charge is 0.317 e. The normalized spacial score (nSPS) is 16.8. The number of piperazine rings is 1. The Balaban J connectivity index is 1.31. The Hall–Kier alpha value is -2.81. The van der Waals surface area contributed by atoms with Crippen LogP contribution in [0, 0.1) is 0 Å².